The molecular formula is C52H72B2BrCl2IMgO9Pd. The molecule has 69 heavy (non-hydrogen) atoms. The van der Waals surface area contributed by atoms with E-state index in [1.54, 1.807) is 50.6 Å². The SMILES string of the molecule is CC.CC.CC.CC.COB(OC)OC.COB(OC)c1ccccc1.Cc1ccccc1.O=C(O)c1ccc(-c2ccccc2)cc1.O=C(O)c1ccc(I)cc1.[Br-].[Cl][Pd][Cl].[Mg+2].[c-]1ccccc1. The molecule has 0 bridgehead atoms. The molecule has 2 N–H and O–H groups in total. The molecule has 0 aliphatic heterocycles. The van der Waals surface area contributed by atoms with Gasteiger partial charge in [-0.05, 0) is 82.5 Å². The Morgan fingerprint density at radius 3 is 1.06 bits per heavy atom. The maximum atomic E-state index is 10.6. The van der Waals surface area contributed by atoms with Crippen molar-refractivity contribution in [1.29, 1.82) is 0 Å². The molecule has 0 heterocycles. The number of aryl methyl sites for hydroxylation is 1. The molecule has 0 saturated heterocycles. The van der Waals surface area contributed by atoms with Crippen LogP contribution < -0.4 is 22.4 Å². The van der Waals surface area contributed by atoms with Crippen LogP contribution in [0.15, 0.2) is 170 Å². The van der Waals surface area contributed by atoms with Gasteiger partial charge in [0, 0.05) is 39.1 Å². The van der Waals surface area contributed by atoms with Crippen molar-refractivity contribution in [2.24, 2.45) is 0 Å². The number of benzene rings is 6. The van der Waals surface area contributed by atoms with Crippen LogP contribution in [0.25, 0.3) is 11.1 Å². The summed E-state index contributed by atoms with van der Waals surface area (Å²) in [7, 11) is 16.7. The standard InChI is InChI=1S/C13H10O2.C8H11BO2.C7H5IO2.C7H8.C6H5.C3H9BO3.4C2H6.BrH.2ClH.Mg.Pd/c14-13(15)12-8-6-11(7-9-12)10-4-2-1-3-5-10;1-10-9(11-2)8-6-4-3-5-7-8;8-6-3-1-5(2-4-6)7(9)10;1-7-5-3-2-4-6-7;1-2-4-6-5-3-1;1-5-4(6-2)7-3;4*1-2;;;;;/h1-9H,(H,14,15);3-7H,1-2H3;1-4H,(H,9,10);2-6H,1H3;1-5H;1-3H3;4*1-2H3;3*1H;;/q;;;;-1;;;;;;;;;2*+2/p-3. The first-order valence-electron chi connectivity index (χ1n) is 21.3. The maximum Gasteiger partial charge on any atom is 2.00 e. The molecule has 6 aromatic rings. The average Bonchev–Trinajstić information content (AvgIpc) is 3.40. The summed E-state index contributed by atoms with van der Waals surface area (Å²) in [6.45, 7) is 18.1. The Kier molecular flexibility index (Phi) is 74.0. The predicted octanol–water partition coefficient (Wildman–Crippen LogP) is 11.2. The van der Waals surface area contributed by atoms with Gasteiger partial charge in [-0.2, -0.15) is 36.4 Å². The van der Waals surface area contributed by atoms with Crippen molar-refractivity contribution in [2.75, 3.05) is 35.5 Å². The quantitative estimate of drug-likeness (QED) is 0.0828. The zero-order chi connectivity index (χ0) is 52.1. The molecule has 0 aromatic heterocycles. The number of rotatable bonds is 9. The maximum absolute atomic E-state index is 10.6. The molecule has 380 valence electrons. The Morgan fingerprint density at radius 2 is 0.812 bits per heavy atom. The first kappa shape index (κ1) is 80.5. The van der Waals surface area contributed by atoms with E-state index in [9.17, 15) is 9.59 Å². The molecule has 0 aliphatic carbocycles. The van der Waals surface area contributed by atoms with Gasteiger partial charge >= 0.3 is 84.4 Å². The molecule has 0 spiro atoms. The van der Waals surface area contributed by atoms with E-state index in [0.717, 1.165) is 20.2 Å². The van der Waals surface area contributed by atoms with Crippen LogP contribution in [0.1, 0.15) is 81.7 Å². The fourth-order valence-corrected chi connectivity index (χ4v) is 4.53. The van der Waals surface area contributed by atoms with Gasteiger partial charge in [0.25, 0.3) is 0 Å². The molecule has 0 fully saturated rings. The van der Waals surface area contributed by atoms with Crippen molar-refractivity contribution in [3.8, 4) is 11.1 Å². The molecular weight excluding hydrogens is 1200 g/mol. The van der Waals surface area contributed by atoms with Crippen molar-refractivity contribution >= 4 is 96.5 Å². The Morgan fingerprint density at radius 1 is 0.507 bits per heavy atom. The van der Waals surface area contributed by atoms with E-state index in [4.69, 9.17) is 38.6 Å². The van der Waals surface area contributed by atoms with Crippen LogP contribution in [0.2, 0.25) is 0 Å². The molecule has 0 radical (unpaired) electrons. The van der Waals surface area contributed by atoms with Gasteiger partial charge in [0.15, 0.2) is 0 Å². The largest absolute Gasteiger partial charge is 2.00 e. The third kappa shape index (κ3) is 48.8. The second kappa shape index (κ2) is 63.4. The Bertz CT molecular complexity index is 1850. The zero-order valence-electron chi connectivity index (χ0n) is 42.6. The van der Waals surface area contributed by atoms with Crippen LogP contribution in [0, 0.1) is 16.6 Å². The van der Waals surface area contributed by atoms with E-state index in [1.807, 2.05) is 177 Å². The smallest absolute Gasteiger partial charge is 0.184 e. The number of halogens is 4. The summed E-state index contributed by atoms with van der Waals surface area (Å²) in [5.74, 6) is -1.77. The van der Waals surface area contributed by atoms with Crippen molar-refractivity contribution in [3.05, 3.63) is 196 Å². The number of hydrogen-bond acceptors (Lipinski definition) is 7. The van der Waals surface area contributed by atoms with Crippen molar-refractivity contribution < 1.29 is 76.0 Å². The summed E-state index contributed by atoms with van der Waals surface area (Å²) in [5.41, 5.74) is 5.13. The number of hydrogen-bond donors (Lipinski definition) is 2. The fourth-order valence-electron chi connectivity index (χ4n) is 4.17. The number of aromatic carboxylic acids is 2. The van der Waals surface area contributed by atoms with Crippen LogP contribution in [0.4, 0.5) is 0 Å². The van der Waals surface area contributed by atoms with Gasteiger partial charge in [-0.15, -0.1) is 0 Å². The number of carbonyl (C=O) groups is 2. The minimum absolute atomic E-state index is 0. The molecule has 0 saturated carbocycles. The van der Waals surface area contributed by atoms with Crippen molar-refractivity contribution in [3.63, 3.8) is 0 Å². The molecule has 6 rings (SSSR count). The summed E-state index contributed by atoms with van der Waals surface area (Å²) in [6, 6.07) is 56.0. The van der Waals surface area contributed by atoms with Gasteiger partial charge in [0.1, 0.15) is 0 Å². The molecule has 17 heteroatoms. The van der Waals surface area contributed by atoms with Gasteiger partial charge < -0.3 is 50.5 Å². The van der Waals surface area contributed by atoms with Gasteiger partial charge in [-0.3, -0.25) is 0 Å². The van der Waals surface area contributed by atoms with E-state index in [-0.39, 0.29) is 63.1 Å². The number of carboxylic acid groups (broad SMARTS) is 2. The molecule has 0 amide bonds. The van der Waals surface area contributed by atoms with E-state index >= 15 is 0 Å². The molecule has 6 aromatic carbocycles. The second-order valence-electron chi connectivity index (χ2n) is 11.0. The second-order valence-corrected chi connectivity index (χ2v) is 14.7. The molecule has 0 aliphatic rings. The van der Waals surface area contributed by atoms with Crippen LogP contribution in [0.5, 0.6) is 0 Å². The van der Waals surface area contributed by atoms with Gasteiger partial charge in [0.2, 0.25) is 0 Å². The summed E-state index contributed by atoms with van der Waals surface area (Å²) in [5, 5.41) is 17.2. The summed E-state index contributed by atoms with van der Waals surface area (Å²) >= 11 is 2.02. The van der Waals surface area contributed by atoms with Gasteiger partial charge in [0.05, 0.1) is 11.1 Å². The summed E-state index contributed by atoms with van der Waals surface area (Å²) in [6.07, 6.45) is 0. The third-order valence-electron chi connectivity index (χ3n) is 6.95. The predicted molar refractivity (Wildman–Crippen MR) is 297 cm³/mol. The Labute approximate surface area is 473 Å². The summed E-state index contributed by atoms with van der Waals surface area (Å²) in [4.78, 5) is 21.0. The average molecular weight is 1270 g/mol. The molecule has 0 unspecified atom stereocenters. The first-order valence-corrected chi connectivity index (χ1v) is 26.4. The van der Waals surface area contributed by atoms with Crippen LogP contribution >= 0.6 is 41.6 Å². The zero-order valence-corrected chi connectivity index (χ0v) is 50.8. The van der Waals surface area contributed by atoms with Crippen molar-refractivity contribution in [1.82, 2.24) is 0 Å². The van der Waals surface area contributed by atoms with E-state index in [0.29, 0.717) is 11.1 Å². The molecule has 0 atom stereocenters. The van der Waals surface area contributed by atoms with Crippen molar-refractivity contribution in [2.45, 2.75) is 62.3 Å². The fraction of sp³-hybridized carbons (Fsp3) is 0.269. The topological polar surface area (TPSA) is 121 Å². The Balaban J connectivity index is -0.000000130. The van der Waals surface area contributed by atoms with E-state index in [2.05, 4.69) is 61.7 Å². The molecule has 9 nitrogen and oxygen atoms in total. The minimum Gasteiger partial charge on any atom is -0.184 e. The van der Waals surface area contributed by atoms with Crippen LogP contribution in [-0.2, 0) is 39.2 Å². The van der Waals surface area contributed by atoms with Crippen LogP contribution in [-0.4, -0.2) is 95.2 Å². The number of carboxylic acids is 2. The Hall–Kier alpha value is -2.59. The first-order chi connectivity index (χ1) is 32.5. The van der Waals surface area contributed by atoms with Crippen LogP contribution in [0.3, 0.4) is 0 Å². The van der Waals surface area contributed by atoms with Gasteiger partial charge in [-0.25, -0.2) is 9.59 Å². The van der Waals surface area contributed by atoms with E-state index < -0.39 is 19.3 Å². The minimum atomic E-state index is -0.894. The van der Waals surface area contributed by atoms with E-state index in [1.165, 1.54) is 26.9 Å². The summed E-state index contributed by atoms with van der Waals surface area (Å²) < 4.78 is 25.0. The van der Waals surface area contributed by atoms with Gasteiger partial charge in [-0.1, -0.05) is 164 Å². The normalized spacial score (nSPS) is 8.19. The monoisotopic (exact) mass is 1270 g/mol. The third-order valence-corrected chi connectivity index (χ3v) is 7.67.